The van der Waals surface area contributed by atoms with E-state index in [2.05, 4.69) is 26.3 Å². The Morgan fingerprint density at radius 1 is 1.31 bits per heavy atom. The van der Waals surface area contributed by atoms with Gasteiger partial charge in [0.05, 0.1) is 17.9 Å². The fraction of sp³-hybridized carbons (Fsp3) is 0.407. The second kappa shape index (κ2) is 9.04. The van der Waals surface area contributed by atoms with E-state index in [-0.39, 0.29) is 12.1 Å². The second-order valence-electron chi connectivity index (χ2n) is 9.96. The van der Waals surface area contributed by atoms with E-state index in [0.29, 0.717) is 29.3 Å². The summed E-state index contributed by atoms with van der Waals surface area (Å²) in [7, 11) is 0. The molecular weight excluding hydrogens is 452 g/mol. The van der Waals surface area contributed by atoms with Gasteiger partial charge in [-0.1, -0.05) is 6.07 Å². The molecular formula is C27H30N8O. The molecule has 2 bridgehead atoms. The van der Waals surface area contributed by atoms with Crippen molar-refractivity contribution < 1.29 is 4.74 Å². The van der Waals surface area contributed by atoms with E-state index in [1.54, 1.807) is 23.0 Å². The molecule has 3 saturated heterocycles. The van der Waals surface area contributed by atoms with Gasteiger partial charge in [-0.15, -0.1) is 0 Å². The van der Waals surface area contributed by atoms with Gasteiger partial charge in [-0.3, -0.25) is 19.3 Å². The van der Waals surface area contributed by atoms with Crippen LogP contribution in [0.15, 0.2) is 53.9 Å². The number of likely N-dealkylation sites (tertiary alicyclic amines) is 1. The Hall–Kier alpha value is -3.74. The van der Waals surface area contributed by atoms with E-state index in [1.165, 1.54) is 12.8 Å². The van der Waals surface area contributed by atoms with Crippen LogP contribution < -0.4 is 15.8 Å². The molecule has 4 aliphatic rings. The number of ether oxygens (including phenoxy) is 1. The summed E-state index contributed by atoms with van der Waals surface area (Å²) < 4.78 is 8.03. The van der Waals surface area contributed by atoms with Gasteiger partial charge in [-0.25, -0.2) is 4.98 Å². The summed E-state index contributed by atoms with van der Waals surface area (Å²) in [4.78, 5) is 16.4. The van der Waals surface area contributed by atoms with Gasteiger partial charge in [0.1, 0.15) is 23.5 Å². The first-order valence-corrected chi connectivity index (χ1v) is 12.5. The third-order valence-corrected chi connectivity index (χ3v) is 7.67. The number of allylic oxidation sites excluding steroid dienone is 1. The molecule has 0 aromatic carbocycles. The molecule has 7 rings (SSSR count). The number of fused-ring (bicyclic) bond motifs is 2. The van der Waals surface area contributed by atoms with Gasteiger partial charge in [-0.05, 0) is 50.5 Å². The SMILES string of the molecule is CC(=NC1CN(C2CC3CC2N3)C1)/C(=C\N)c1cc(OC(C)c2ccccn2)n2c(C#N)cnc2c1. The third kappa shape index (κ3) is 3.92. The molecule has 6 heterocycles. The Morgan fingerprint density at radius 3 is 2.81 bits per heavy atom. The Bertz CT molecular complexity index is 1380. The smallest absolute Gasteiger partial charge is 0.201 e. The summed E-state index contributed by atoms with van der Waals surface area (Å²) in [6.45, 7) is 5.92. The highest BCUT2D eigenvalue weighted by Gasteiger charge is 2.49. The number of hydrogen-bond acceptors (Lipinski definition) is 8. The number of aliphatic imine (C=N–C) groups is 1. The maximum Gasteiger partial charge on any atom is 0.201 e. The van der Waals surface area contributed by atoms with Gasteiger partial charge >= 0.3 is 0 Å². The summed E-state index contributed by atoms with van der Waals surface area (Å²) in [5.74, 6) is 0.504. The van der Waals surface area contributed by atoms with E-state index >= 15 is 0 Å². The van der Waals surface area contributed by atoms with Crippen molar-refractivity contribution in [3.05, 3.63) is 65.9 Å². The van der Waals surface area contributed by atoms with Gasteiger partial charge in [0, 0.05) is 61.0 Å². The van der Waals surface area contributed by atoms with Crippen LogP contribution in [-0.4, -0.2) is 62.2 Å². The fourth-order valence-electron chi connectivity index (χ4n) is 5.74. The summed E-state index contributed by atoms with van der Waals surface area (Å²) in [5.41, 5.74) is 10.5. The summed E-state index contributed by atoms with van der Waals surface area (Å²) in [6.07, 6.45) is 7.15. The summed E-state index contributed by atoms with van der Waals surface area (Å²) in [5, 5.41) is 13.3. The first-order valence-electron chi connectivity index (χ1n) is 12.5. The Labute approximate surface area is 210 Å². The lowest BCUT2D eigenvalue weighted by molar-refractivity contribution is 0.0904. The van der Waals surface area contributed by atoms with Crippen LogP contribution in [0.3, 0.4) is 0 Å². The number of rotatable bonds is 7. The van der Waals surface area contributed by atoms with Crippen molar-refractivity contribution >= 4 is 16.9 Å². The highest BCUT2D eigenvalue weighted by atomic mass is 16.5. The molecule has 0 radical (unpaired) electrons. The highest BCUT2D eigenvalue weighted by molar-refractivity contribution is 6.22. The zero-order valence-electron chi connectivity index (χ0n) is 20.5. The van der Waals surface area contributed by atoms with E-state index < -0.39 is 0 Å². The van der Waals surface area contributed by atoms with Crippen molar-refractivity contribution in [3.63, 3.8) is 0 Å². The maximum absolute atomic E-state index is 9.63. The van der Waals surface area contributed by atoms with E-state index in [0.717, 1.165) is 41.7 Å². The van der Waals surface area contributed by atoms with Gasteiger partial charge in [0.15, 0.2) is 0 Å². The van der Waals surface area contributed by atoms with Gasteiger partial charge in [0.2, 0.25) is 5.88 Å². The van der Waals surface area contributed by atoms with Crippen molar-refractivity contribution in [3.8, 4) is 11.9 Å². The van der Waals surface area contributed by atoms with Gasteiger partial charge in [-0.2, -0.15) is 5.26 Å². The zero-order valence-corrected chi connectivity index (χ0v) is 20.5. The number of nitrogens with one attached hydrogen (secondary N) is 1. The van der Waals surface area contributed by atoms with Crippen molar-refractivity contribution in [1.82, 2.24) is 24.6 Å². The number of nitrogens with two attached hydrogens (primary N) is 1. The summed E-state index contributed by atoms with van der Waals surface area (Å²) >= 11 is 0. The molecule has 36 heavy (non-hydrogen) atoms. The van der Waals surface area contributed by atoms with Crippen LogP contribution in [0.2, 0.25) is 0 Å². The fourth-order valence-corrected chi connectivity index (χ4v) is 5.74. The largest absolute Gasteiger partial charge is 0.469 e. The van der Waals surface area contributed by atoms with Crippen LogP contribution in [0.1, 0.15) is 49.7 Å². The molecule has 3 aromatic heterocycles. The van der Waals surface area contributed by atoms with Crippen molar-refractivity contribution in [1.29, 1.82) is 5.26 Å². The summed E-state index contributed by atoms with van der Waals surface area (Å²) in [6, 6.07) is 14.1. The molecule has 4 fully saturated rings. The zero-order chi connectivity index (χ0) is 24.8. The van der Waals surface area contributed by atoms with Gasteiger partial charge in [0.25, 0.3) is 0 Å². The Balaban J connectivity index is 1.26. The molecule has 0 amide bonds. The number of nitriles is 1. The minimum atomic E-state index is -0.323. The minimum Gasteiger partial charge on any atom is -0.469 e. The average molecular weight is 483 g/mol. The molecule has 4 atom stereocenters. The van der Waals surface area contributed by atoms with Crippen molar-refractivity contribution in [2.24, 2.45) is 10.7 Å². The number of nitrogens with zero attached hydrogens (tertiary/aromatic N) is 6. The van der Waals surface area contributed by atoms with Crippen molar-refractivity contribution in [2.45, 2.75) is 57.0 Å². The third-order valence-electron chi connectivity index (χ3n) is 7.67. The lowest BCUT2D eigenvalue weighted by atomic mass is 10.0. The van der Waals surface area contributed by atoms with Crippen LogP contribution in [0.5, 0.6) is 5.88 Å². The number of aromatic nitrogens is 3. The molecule has 1 saturated carbocycles. The molecule has 3 aliphatic heterocycles. The monoisotopic (exact) mass is 482 g/mol. The molecule has 0 spiro atoms. The predicted molar refractivity (Wildman–Crippen MR) is 138 cm³/mol. The standard InChI is InChI=1S/C27H30N8O/c1-16(32-20-14-34(15-20)25-10-19-9-24(25)33-19)22(12-29)18-7-26-31-13-21(11-28)35(26)27(8-18)36-17(2)23-5-3-4-6-30-23/h3-8,12-13,17,19-20,24-25,33H,9-10,14-15,29H2,1-2H3/b22-12+,32-16?. The van der Waals surface area contributed by atoms with E-state index in [9.17, 15) is 5.26 Å². The van der Waals surface area contributed by atoms with Crippen LogP contribution in [0.4, 0.5) is 0 Å². The van der Waals surface area contributed by atoms with Crippen LogP contribution in [-0.2, 0) is 0 Å². The first-order chi connectivity index (χ1) is 17.5. The molecule has 9 nitrogen and oxygen atoms in total. The number of imidazole rings is 1. The van der Waals surface area contributed by atoms with E-state index in [1.807, 2.05) is 44.2 Å². The lowest BCUT2D eigenvalue weighted by Gasteiger charge is -2.43. The van der Waals surface area contributed by atoms with Crippen LogP contribution >= 0.6 is 0 Å². The predicted octanol–water partition coefficient (Wildman–Crippen LogP) is 2.69. The Morgan fingerprint density at radius 2 is 2.14 bits per heavy atom. The van der Waals surface area contributed by atoms with Crippen LogP contribution in [0.25, 0.3) is 11.2 Å². The first kappa shape index (κ1) is 22.7. The molecule has 4 unspecified atom stereocenters. The maximum atomic E-state index is 9.63. The normalized spacial score (nSPS) is 25.3. The molecule has 184 valence electrons. The van der Waals surface area contributed by atoms with E-state index in [4.69, 9.17) is 15.5 Å². The topological polar surface area (TPSA) is 117 Å². The highest BCUT2D eigenvalue weighted by Crippen LogP contribution is 2.36. The number of pyridine rings is 2. The number of hydrogen-bond donors (Lipinski definition) is 2. The molecule has 1 aliphatic carbocycles. The lowest BCUT2D eigenvalue weighted by Crippen LogP contribution is -2.59. The Kier molecular flexibility index (Phi) is 5.70. The second-order valence-corrected chi connectivity index (χ2v) is 9.96. The minimum absolute atomic E-state index is 0.276. The average Bonchev–Trinajstić information content (AvgIpc) is 3.56. The van der Waals surface area contributed by atoms with Crippen LogP contribution in [0, 0.1) is 11.3 Å². The quantitative estimate of drug-likeness (QED) is 0.497. The van der Waals surface area contributed by atoms with Gasteiger partial charge < -0.3 is 15.8 Å². The molecule has 9 heteroatoms. The molecule has 3 N–H and O–H groups in total. The van der Waals surface area contributed by atoms with Crippen molar-refractivity contribution in [2.75, 3.05) is 13.1 Å². The molecule has 3 aromatic rings.